The molecule has 5 nitrogen and oxygen atoms in total. The minimum Gasteiger partial charge on any atom is -0.389 e. The van der Waals surface area contributed by atoms with Gasteiger partial charge in [0.2, 0.25) is 5.95 Å². The number of hydrogen-bond donors (Lipinski definition) is 2. The quantitative estimate of drug-likeness (QED) is 0.884. The maximum absolute atomic E-state index is 9.76. The lowest BCUT2D eigenvalue weighted by atomic mass is 9.96. The number of rotatable bonds is 5. The van der Waals surface area contributed by atoms with Gasteiger partial charge in [-0.05, 0) is 43.4 Å². The second-order valence-electron chi connectivity index (χ2n) is 6.30. The highest BCUT2D eigenvalue weighted by Crippen LogP contribution is 2.26. The Hall–Kier alpha value is -2.14. The molecule has 2 heterocycles. The van der Waals surface area contributed by atoms with Crippen LogP contribution in [0.5, 0.6) is 0 Å². The Morgan fingerprint density at radius 3 is 2.75 bits per heavy atom. The van der Waals surface area contributed by atoms with E-state index in [0.717, 1.165) is 49.6 Å². The molecule has 0 radical (unpaired) electrons. The zero-order valence-corrected chi connectivity index (χ0v) is 14.7. The fraction of sp³-hybridized carbons (Fsp3) is 0.474. The van der Waals surface area contributed by atoms with E-state index in [0.29, 0.717) is 5.95 Å². The summed E-state index contributed by atoms with van der Waals surface area (Å²) >= 11 is 0. The van der Waals surface area contributed by atoms with Crippen LogP contribution in [0.1, 0.15) is 49.3 Å². The Morgan fingerprint density at radius 1 is 1.21 bits per heavy atom. The molecule has 0 amide bonds. The van der Waals surface area contributed by atoms with E-state index in [4.69, 9.17) is 0 Å². The lowest BCUT2D eigenvalue weighted by Gasteiger charge is -2.30. The number of benzene rings is 1. The molecule has 3 rings (SSSR count). The molecule has 5 heteroatoms. The molecule has 0 fully saturated rings. The molecule has 128 valence electrons. The second kappa shape index (κ2) is 7.18. The van der Waals surface area contributed by atoms with Gasteiger partial charge in [0.05, 0.1) is 6.10 Å². The lowest BCUT2D eigenvalue weighted by Crippen LogP contribution is -2.31. The topological polar surface area (TPSA) is 61.3 Å². The average molecular weight is 326 g/mol. The van der Waals surface area contributed by atoms with Crippen LogP contribution in [-0.2, 0) is 19.4 Å². The molecular formula is C19H26N4O. The number of aliphatic hydroxyl groups excluding tert-OH is 1. The van der Waals surface area contributed by atoms with Crippen LogP contribution in [-0.4, -0.2) is 28.2 Å². The molecule has 0 unspecified atom stereocenters. The lowest BCUT2D eigenvalue weighted by molar-refractivity contribution is 0.199. The van der Waals surface area contributed by atoms with E-state index in [1.54, 1.807) is 0 Å². The molecule has 1 aromatic heterocycles. The maximum atomic E-state index is 9.76. The van der Waals surface area contributed by atoms with Crippen molar-refractivity contribution in [1.82, 2.24) is 9.97 Å². The minimum absolute atomic E-state index is 0.412. The molecule has 0 aliphatic carbocycles. The van der Waals surface area contributed by atoms with Gasteiger partial charge in [0.1, 0.15) is 5.82 Å². The SMILES string of the molecule is CCNc1nc(CC)cc(N2CCc3cc([C@H](C)O)ccc3C2)n1. The first-order valence-corrected chi connectivity index (χ1v) is 8.77. The zero-order valence-electron chi connectivity index (χ0n) is 14.7. The van der Waals surface area contributed by atoms with Gasteiger partial charge in [-0.1, -0.05) is 25.1 Å². The first-order valence-electron chi connectivity index (χ1n) is 8.77. The summed E-state index contributed by atoms with van der Waals surface area (Å²) in [5, 5.41) is 13.0. The van der Waals surface area contributed by atoms with Crippen molar-refractivity contribution < 1.29 is 5.11 Å². The van der Waals surface area contributed by atoms with Crippen LogP contribution in [0.3, 0.4) is 0 Å². The third-order valence-electron chi connectivity index (χ3n) is 4.51. The number of hydrogen-bond acceptors (Lipinski definition) is 5. The van der Waals surface area contributed by atoms with Gasteiger partial charge < -0.3 is 15.3 Å². The molecule has 0 bridgehead atoms. The minimum atomic E-state index is -0.412. The number of nitrogens with zero attached hydrogens (tertiary/aromatic N) is 3. The standard InChI is InChI=1S/C19H26N4O/c1-4-17-11-18(22-19(21-17)20-5-2)23-9-8-15-10-14(13(3)24)6-7-16(15)12-23/h6-7,10-11,13,24H,4-5,8-9,12H2,1-3H3,(H,20,21,22)/t13-/m0/s1. The van der Waals surface area contributed by atoms with Crippen molar-refractivity contribution in [3.05, 3.63) is 46.6 Å². The Morgan fingerprint density at radius 2 is 2.04 bits per heavy atom. The number of anilines is 2. The van der Waals surface area contributed by atoms with E-state index in [2.05, 4.69) is 52.2 Å². The number of aliphatic hydroxyl groups is 1. The zero-order chi connectivity index (χ0) is 17.1. The van der Waals surface area contributed by atoms with Gasteiger partial charge in [-0.2, -0.15) is 4.98 Å². The molecule has 1 atom stereocenters. The molecule has 1 aliphatic rings. The van der Waals surface area contributed by atoms with Crippen molar-refractivity contribution in [3.8, 4) is 0 Å². The largest absolute Gasteiger partial charge is 0.389 e. The normalized spacial score (nSPS) is 15.1. The number of nitrogens with one attached hydrogen (secondary N) is 1. The van der Waals surface area contributed by atoms with Crippen LogP contribution in [0.2, 0.25) is 0 Å². The summed E-state index contributed by atoms with van der Waals surface area (Å²) < 4.78 is 0. The summed E-state index contributed by atoms with van der Waals surface area (Å²) in [7, 11) is 0. The Bertz CT molecular complexity index is 715. The van der Waals surface area contributed by atoms with Crippen molar-refractivity contribution in [3.63, 3.8) is 0 Å². The van der Waals surface area contributed by atoms with Gasteiger partial charge in [0, 0.05) is 31.4 Å². The van der Waals surface area contributed by atoms with Crippen molar-refractivity contribution in [2.75, 3.05) is 23.3 Å². The fourth-order valence-electron chi connectivity index (χ4n) is 3.09. The van der Waals surface area contributed by atoms with Crippen LogP contribution in [0.15, 0.2) is 24.3 Å². The average Bonchev–Trinajstić information content (AvgIpc) is 2.60. The highest BCUT2D eigenvalue weighted by Gasteiger charge is 2.19. The van der Waals surface area contributed by atoms with Crippen molar-refractivity contribution in [1.29, 1.82) is 0 Å². The van der Waals surface area contributed by atoms with Gasteiger partial charge in [0.25, 0.3) is 0 Å². The van der Waals surface area contributed by atoms with Crippen LogP contribution >= 0.6 is 0 Å². The number of aromatic nitrogens is 2. The molecule has 2 aromatic rings. The maximum Gasteiger partial charge on any atom is 0.224 e. The summed E-state index contributed by atoms with van der Waals surface area (Å²) in [4.78, 5) is 11.5. The van der Waals surface area contributed by atoms with Gasteiger partial charge in [-0.25, -0.2) is 4.98 Å². The van der Waals surface area contributed by atoms with E-state index in [1.165, 1.54) is 11.1 Å². The molecule has 0 saturated heterocycles. The number of fused-ring (bicyclic) bond motifs is 1. The summed E-state index contributed by atoms with van der Waals surface area (Å²) in [5.74, 6) is 1.70. The van der Waals surface area contributed by atoms with Crippen molar-refractivity contribution in [2.24, 2.45) is 0 Å². The third kappa shape index (κ3) is 3.51. The smallest absolute Gasteiger partial charge is 0.224 e. The van der Waals surface area contributed by atoms with E-state index in [1.807, 2.05) is 13.0 Å². The van der Waals surface area contributed by atoms with E-state index < -0.39 is 6.10 Å². The van der Waals surface area contributed by atoms with Crippen LogP contribution in [0.4, 0.5) is 11.8 Å². The Balaban J connectivity index is 1.86. The summed E-state index contributed by atoms with van der Waals surface area (Å²) in [5.41, 5.74) is 4.70. The van der Waals surface area contributed by atoms with E-state index in [-0.39, 0.29) is 0 Å². The molecule has 2 N–H and O–H groups in total. The highest BCUT2D eigenvalue weighted by atomic mass is 16.3. The fourth-order valence-corrected chi connectivity index (χ4v) is 3.09. The molecule has 1 aromatic carbocycles. The third-order valence-corrected chi connectivity index (χ3v) is 4.51. The monoisotopic (exact) mass is 326 g/mol. The predicted octanol–water partition coefficient (Wildman–Crippen LogP) is 3.09. The second-order valence-corrected chi connectivity index (χ2v) is 6.30. The molecular weight excluding hydrogens is 300 g/mol. The highest BCUT2D eigenvalue weighted by molar-refractivity contribution is 5.48. The summed E-state index contributed by atoms with van der Waals surface area (Å²) in [6.45, 7) is 8.58. The summed E-state index contributed by atoms with van der Waals surface area (Å²) in [6, 6.07) is 8.39. The van der Waals surface area contributed by atoms with E-state index in [9.17, 15) is 5.11 Å². The molecule has 1 aliphatic heterocycles. The predicted molar refractivity (Wildman–Crippen MR) is 97.4 cm³/mol. The van der Waals surface area contributed by atoms with Crippen molar-refractivity contribution >= 4 is 11.8 Å². The number of aryl methyl sites for hydroxylation is 1. The molecule has 0 spiro atoms. The van der Waals surface area contributed by atoms with Crippen molar-refractivity contribution in [2.45, 2.75) is 46.3 Å². The van der Waals surface area contributed by atoms with Gasteiger partial charge in [0.15, 0.2) is 0 Å². The van der Waals surface area contributed by atoms with Gasteiger partial charge in [-0.15, -0.1) is 0 Å². The van der Waals surface area contributed by atoms with E-state index >= 15 is 0 Å². The Labute approximate surface area is 143 Å². The molecule has 0 saturated carbocycles. The van der Waals surface area contributed by atoms with Gasteiger partial charge in [-0.3, -0.25) is 0 Å². The van der Waals surface area contributed by atoms with Crippen LogP contribution in [0, 0.1) is 0 Å². The first-order chi connectivity index (χ1) is 11.6. The van der Waals surface area contributed by atoms with Crippen LogP contribution in [0.25, 0.3) is 0 Å². The van der Waals surface area contributed by atoms with Crippen LogP contribution < -0.4 is 10.2 Å². The Kier molecular flexibility index (Phi) is 5.00. The molecule has 24 heavy (non-hydrogen) atoms. The first kappa shape index (κ1) is 16.7. The van der Waals surface area contributed by atoms with Gasteiger partial charge >= 0.3 is 0 Å². The summed E-state index contributed by atoms with van der Waals surface area (Å²) in [6.07, 6.45) is 1.46.